The van der Waals surface area contributed by atoms with Crippen LogP contribution in [0.15, 0.2) is 25.3 Å². The number of hydrogen-bond acceptors (Lipinski definition) is 2. The minimum absolute atomic E-state index is 0.0508. The van der Waals surface area contributed by atoms with Gasteiger partial charge in [-0.2, -0.15) is 13.2 Å². The molecular weight excluding hydrogens is 273 g/mol. The number of hydrogen-bond donors (Lipinski definition) is 0. The molecule has 0 aromatic rings. The molecule has 0 aromatic heterocycles. The summed E-state index contributed by atoms with van der Waals surface area (Å²) in [5.41, 5.74) is 0. The third-order valence-corrected chi connectivity index (χ3v) is 3.05. The van der Waals surface area contributed by atoms with E-state index < -0.39 is 24.0 Å². The second-order valence-electron chi connectivity index (χ2n) is 4.47. The Hall–Kier alpha value is -1.79. The van der Waals surface area contributed by atoms with Gasteiger partial charge in [0.05, 0.1) is 0 Å². The number of amides is 2. The third kappa shape index (κ3) is 3.61. The third-order valence-electron chi connectivity index (χ3n) is 3.05. The van der Waals surface area contributed by atoms with E-state index in [4.69, 9.17) is 0 Å². The van der Waals surface area contributed by atoms with E-state index in [-0.39, 0.29) is 26.1 Å². The van der Waals surface area contributed by atoms with Crippen LogP contribution in [0.5, 0.6) is 0 Å². The van der Waals surface area contributed by atoms with E-state index in [2.05, 4.69) is 13.2 Å². The van der Waals surface area contributed by atoms with E-state index in [0.717, 1.165) is 0 Å². The second-order valence-corrected chi connectivity index (χ2v) is 4.47. The van der Waals surface area contributed by atoms with Crippen LogP contribution in [-0.2, 0) is 9.59 Å². The highest BCUT2D eigenvalue weighted by atomic mass is 19.4. The number of likely N-dealkylation sites (tertiary alicyclic amines) is 1. The molecule has 1 rings (SSSR count). The highest BCUT2D eigenvalue weighted by Crippen LogP contribution is 2.26. The summed E-state index contributed by atoms with van der Waals surface area (Å²) in [6.07, 6.45) is -1.37. The summed E-state index contributed by atoms with van der Waals surface area (Å²) in [6.45, 7) is 7.35. The lowest BCUT2D eigenvalue weighted by Gasteiger charge is -2.29. The fourth-order valence-electron chi connectivity index (χ4n) is 2.21. The molecule has 1 unspecified atom stereocenters. The number of rotatable bonds is 5. The monoisotopic (exact) mass is 290 g/mol. The SMILES string of the molecule is C=CCN(CC=C)C(=O)C1CCCN1C(=O)C(F)(F)F. The molecule has 0 spiro atoms. The largest absolute Gasteiger partial charge is 0.471 e. The molecule has 0 saturated carbocycles. The Balaban J connectivity index is 2.87. The number of halogens is 3. The summed E-state index contributed by atoms with van der Waals surface area (Å²) in [7, 11) is 0. The average Bonchev–Trinajstić information content (AvgIpc) is 2.84. The highest BCUT2D eigenvalue weighted by molar-refractivity contribution is 5.90. The zero-order valence-corrected chi connectivity index (χ0v) is 11.0. The predicted molar refractivity (Wildman–Crippen MR) is 67.8 cm³/mol. The maximum Gasteiger partial charge on any atom is 0.471 e. The first-order chi connectivity index (χ1) is 9.32. The van der Waals surface area contributed by atoms with E-state index in [1.165, 1.54) is 17.1 Å². The zero-order chi connectivity index (χ0) is 15.3. The maximum atomic E-state index is 12.5. The Kier molecular flexibility index (Phi) is 5.35. The van der Waals surface area contributed by atoms with Crippen LogP contribution in [0.3, 0.4) is 0 Å². The quantitative estimate of drug-likeness (QED) is 0.724. The van der Waals surface area contributed by atoms with Crippen molar-refractivity contribution in [1.82, 2.24) is 9.80 Å². The lowest BCUT2D eigenvalue weighted by Crippen LogP contribution is -2.51. The first-order valence-corrected chi connectivity index (χ1v) is 6.21. The van der Waals surface area contributed by atoms with Gasteiger partial charge in [-0.15, -0.1) is 13.2 Å². The van der Waals surface area contributed by atoms with Crippen molar-refractivity contribution >= 4 is 11.8 Å². The van der Waals surface area contributed by atoms with Crippen molar-refractivity contribution in [2.75, 3.05) is 19.6 Å². The highest BCUT2D eigenvalue weighted by Gasteiger charge is 2.48. The van der Waals surface area contributed by atoms with Crippen LogP contribution in [0.1, 0.15) is 12.8 Å². The van der Waals surface area contributed by atoms with Crippen LogP contribution in [-0.4, -0.2) is 53.5 Å². The Morgan fingerprint density at radius 2 is 1.80 bits per heavy atom. The molecule has 1 saturated heterocycles. The molecule has 0 N–H and O–H groups in total. The van der Waals surface area contributed by atoms with Crippen molar-refractivity contribution < 1.29 is 22.8 Å². The number of carbonyl (C=O) groups excluding carboxylic acids is 2. The van der Waals surface area contributed by atoms with Gasteiger partial charge in [-0.25, -0.2) is 0 Å². The molecule has 1 fully saturated rings. The number of alkyl halides is 3. The molecule has 0 bridgehead atoms. The number of carbonyl (C=O) groups is 2. The van der Waals surface area contributed by atoms with Gasteiger partial charge in [0.1, 0.15) is 6.04 Å². The van der Waals surface area contributed by atoms with Crippen molar-refractivity contribution in [1.29, 1.82) is 0 Å². The summed E-state index contributed by atoms with van der Waals surface area (Å²) in [5.74, 6) is -2.45. The van der Waals surface area contributed by atoms with Gasteiger partial charge in [0.2, 0.25) is 5.91 Å². The van der Waals surface area contributed by atoms with Gasteiger partial charge in [0.25, 0.3) is 0 Å². The van der Waals surface area contributed by atoms with Gasteiger partial charge in [-0.3, -0.25) is 9.59 Å². The lowest BCUT2D eigenvalue weighted by atomic mass is 10.2. The smallest absolute Gasteiger partial charge is 0.333 e. The van der Waals surface area contributed by atoms with E-state index in [1.807, 2.05) is 0 Å². The van der Waals surface area contributed by atoms with Crippen molar-refractivity contribution in [3.8, 4) is 0 Å². The predicted octanol–water partition coefficient (Wildman–Crippen LogP) is 1.74. The first kappa shape index (κ1) is 16.3. The molecule has 7 heteroatoms. The molecule has 1 heterocycles. The van der Waals surface area contributed by atoms with E-state index in [0.29, 0.717) is 11.3 Å². The van der Waals surface area contributed by atoms with Gasteiger partial charge in [-0.05, 0) is 12.8 Å². The zero-order valence-electron chi connectivity index (χ0n) is 11.0. The van der Waals surface area contributed by atoms with Crippen LogP contribution >= 0.6 is 0 Å². The van der Waals surface area contributed by atoms with Gasteiger partial charge in [0, 0.05) is 19.6 Å². The fraction of sp³-hybridized carbons (Fsp3) is 0.538. The molecule has 0 radical (unpaired) electrons. The van der Waals surface area contributed by atoms with Crippen molar-refractivity contribution in [3.63, 3.8) is 0 Å². The Morgan fingerprint density at radius 3 is 2.25 bits per heavy atom. The molecule has 1 atom stereocenters. The first-order valence-electron chi connectivity index (χ1n) is 6.21. The Morgan fingerprint density at radius 1 is 1.25 bits per heavy atom. The normalized spacial score (nSPS) is 18.8. The van der Waals surface area contributed by atoms with Crippen LogP contribution in [0.25, 0.3) is 0 Å². The Labute approximate surface area is 115 Å². The molecule has 4 nitrogen and oxygen atoms in total. The summed E-state index contributed by atoms with van der Waals surface area (Å²) in [4.78, 5) is 25.5. The molecular formula is C13H17F3N2O2. The summed E-state index contributed by atoms with van der Waals surface area (Å²) >= 11 is 0. The van der Waals surface area contributed by atoms with Crippen LogP contribution < -0.4 is 0 Å². The van der Waals surface area contributed by atoms with E-state index in [9.17, 15) is 22.8 Å². The molecule has 1 aliphatic heterocycles. The topological polar surface area (TPSA) is 40.6 Å². The van der Waals surface area contributed by atoms with Gasteiger partial charge in [0.15, 0.2) is 0 Å². The summed E-state index contributed by atoms with van der Waals surface area (Å²) in [6, 6.07) is -1.05. The molecule has 20 heavy (non-hydrogen) atoms. The average molecular weight is 290 g/mol. The van der Waals surface area contributed by atoms with Crippen molar-refractivity contribution in [3.05, 3.63) is 25.3 Å². The summed E-state index contributed by atoms with van der Waals surface area (Å²) in [5, 5.41) is 0. The van der Waals surface area contributed by atoms with Crippen LogP contribution in [0.4, 0.5) is 13.2 Å². The molecule has 0 aromatic carbocycles. The van der Waals surface area contributed by atoms with E-state index in [1.54, 1.807) is 0 Å². The molecule has 1 aliphatic rings. The standard InChI is InChI=1S/C13H17F3N2O2/c1-3-7-17(8-4-2)11(19)10-6-5-9-18(10)12(20)13(14,15)16/h3-4,10H,1-2,5-9H2. The molecule has 2 amide bonds. The minimum Gasteiger partial charge on any atom is -0.333 e. The second kappa shape index (κ2) is 6.58. The fourth-order valence-corrected chi connectivity index (χ4v) is 2.21. The summed E-state index contributed by atoms with van der Waals surface area (Å²) < 4.78 is 37.5. The molecule has 112 valence electrons. The molecule has 0 aliphatic carbocycles. The maximum absolute atomic E-state index is 12.5. The van der Waals surface area contributed by atoms with Crippen molar-refractivity contribution in [2.45, 2.75) is 25.1 Å². The number of nitrogens with zero attached hydrogens (tertiary/aromatic N) is 2. The van der Waals surface area contributed by atoms with Gasteiger partial charge >= 0.3 is 12.1 Å². The van der Waals surface area contributed by atoms with Crippen molar-refractivity contribution in [2.24, 2.45) is 0 Å². The van der Waals surface area contributed by atoms with Gasteiger partial charge in [-0.1, -0.05) is 12.2 Å². The van der Waals surface area contributed by atoms with Crippen LogP contribution in [0.2, 0.25) is 0 Å². The lowest BCUT2D eigenvalue weighted by molar-refractivity contribution is -0.187. The van der Waals surface area contributed by atoms with Crippen LogP contribution in [0, 0.1) is 0 Å². The minimum atomic E-state index is -4.95. The Bertz CT molecular complexity index is 397. The van der Waals surface area contributed by atoms with Gasteiger partial charge < -0.3 is 9.80 Å². The van der Waals surface area contributed by atoms with E-state index >= 15 is 0 Å².